The Hall–Kier alpha value is -2.62. The zero-order valence-corrected chi connectivity index (χ0v) is 9.02. The van der Waals surface area contributed by atoms with Crippen LogP contribution in [0.4, 0.5) is 5.95 Å². The summed E-state index contributed by atoms with van der Waals surface area (Å²) in [5.74, 6) is 2.18. The molecule has 0 aliphatic heterocycles. The first kappa shape index (κ1) is 10.9. The number of rotatable bonds is 2. The number of H-pyrrole nitrogens is 1. The van der Waals surface area contributed by atoms with E-state index in [9.17, 15) is 9.59 Å². The number of carbonyl (C=O) groups is 1. The normalized spacial score (nSPS) is 10.1. The van der Waals surface area contributed by atoms with Crippen LogP contribution in [0.25, 0.3) is 11.2 Å². The number of carbonyl (C=O) groups excluding carboxylic acids is 1. The third kappa shape index (κ3) is 2.01. The number of hydrogen-bond acceptors (Lipinski definition) is 4. The second kappa shape index (κ2) is 4.09. The minimum atomic E-state index is -0.422. The summed E-state index contributed by atoms with van der Waals surface area (Å²) in [4.78, 5) is 32.9. The van der Waals surface area contributed by atoms with Gasteiger partial charge < -0.3 is 4.57 Å². The largest absolute Gasteiger partial charge is 0.303 e. The second-order valence-electron chi connectivity index (χ2n) is 3.34. The number of fused-ring (bicyclic) bond motifs is 1. The molecule has 0 atom stereocenters. The monoisotopic (exact) mass is 231 g/mol. The quantitative estimate of drug-likeness (QED) is 0.695. The van der Waals surface area contributed by atoms with Crippen molar-refractivity contribution in [1.82, 2.24) is 19.5 Å². The van der Waals surface area contributed by atoms with E-state index in [-0.39, 0.29) is 23.9 Å². The van der Waals surface area contributed by atoms with Gasteiger partial charge in [-0.05, 0) is 0 Å². The summed E-state index contributed by atoms with van der Waals surface area (Å²) in [6.07, 6.45) is 6.62. The van der Waals surface area contributed by atoms with Gasteiger partial charge in [0.1, 0.15) is 0 Å². The molecule has 0 bridgehead atoms. The standard InChI is InChI=1S/C10H9N5O2/c1-3-4-15-5-11-7-8(15)13-10(12-6(2)16)14-9(7)17/h1,5H,4H2,2H3,(H2,12,13,14,16,17). The van der Waals surface area contributed by atoms with Gasteiger partial charge in [0.15, 0.2) is 11.2 Å². The summed E-state index contributed by atoms with van der Waals surface area (Å²) < 4.78 is 1.55. The first-order chi connectivity index (χ1) is 8.11. The number of terminal acetylenes is 1. The van der Waals surface area contributed by atoms with E-state index in [2.05, 4.69) is 26.2 Å². The zero-order chi connectivity index (χ0) is 12.4. The number of anilines is 1. The molecule has 0 saturated heterocycles. The summed E-state index contributed by atoms with van der Waals surface area (Å²) in [6, 6.07) is 0. The number of aromatic amines is 1. The van der Waals surface area contributed by atoms with E-state index in [0.29, 0.717) is 5.65 Å². The fourth-order valence-corrected chi connectivity index (χ4v) is 1.39. The van der Waals surface area contributed by atoms with Crippen LogP contribution in [-0.2, 0) is 11.3 Å². The number of hydrogen-bond donors (Lipinski definition) is 2. The molecule has 0 aliphatic rings. The molecule has 2 heterocycles. The molecular formula is C10H9N5O2. The maximum Gasteiger partial charge on any atom is 0.280 e. The van der Waals surface area contributed by atoms with Gasteiger partial charge in [-0.3, -0.25) is 19.9 Å². The van der Waals surface area contributed by atoms with Crippen molar-refractivity contribution in [3.63, 3.8) is 0 Å². The highest BCUT2D eigenvalue weighted by Gasteiger charge is 2.10. The van der Waals surface area contributed by atoms with Crippen LogP contribution >= 0.6 is 0 Å². The number of amides is 1. The van der Waals surface area contributed by atoms with Gasteiger partial charge in [-0.25, -0.2) is 4.98 Å². The van der Waals surface area contributed by atoms with Gasteiger partial charge in [-0.2, -0.15) is 4.98 Å². The molecule has 0 aliphatic carbocycles. The molecule has 0 fully saturated rings. The van der Waals surface area contributed by atoms with Gasteiger partial charge in [0.05, 0.1) is 12.9 Å². The molecule has 2 rings (SSSR count). The lowest BCUT2D eigenvalue weighted by molar-refractivity contribution is -0.114. The van der Waals surface area contributed by atoms with Gasteiger partial charge >= 0.3 is 0 Å². The highest BCUT2D eigenvalue weighted by Crippen LogP contribution is 2.07. The van der Waals surface area contributed by atoms with Crippen LogP contribution in [0.15, 0.2) is 11.1 Å². The average molecular weight is 231 g/mol. The Kier molecular flexibility index (Phi) is 2.62. The lowest BCUT2D eigenvalue weighted by Gasteiger charge is -2.01. The summed E-state index contributed by atoms with van der Waals surface area (Å²) >= 11 is 0. The van der Waals surface area contributed by atoms with Crippen LogP contribution in [0.5, 0.6) is 0 Å². The number of nitrogens with one attached hydrogen (secondary N) is 2. The van der Waals surface area contributed by atoms with E-state index in [1.54, 1.807) is 4.57 Å². The van der Waals surface area contributed by atoms with Crippen molar-refractivity contribution in [3.8, 4) is 12.3 Å². The van der Waals surface area contributed by atoms with Crippen LogP contribution < -0.4 is 10.9 Å². The van der Waals surface area contributed by atoms with Crippen LogP contribution in [0.2, 0.25) is 0 Å². The lowest BCUT2D eigenvalue weighted by Crippen LogP contribution is -2.16. The fourth-order valence-electron chi connectivity index (χ4n) is 1.39. The smallest absolute Gasteiger partial charge is 0.280 e. The molecule has 0 aromatic carbocycles. The Morgan fingerprint density at radius 1 is 1.71 bits per heavy atom. The SMILES string of the molecule is C#CCn1cnc2c(=O)[nH]c(NC(C)=O)nc21. The Balaban J connectivity index is 2.61. The van der Waals surface area contributed by atoms with Crippen molar-refractivity contribution in [2.45, 2.75) is 13.5 Å². The molecule has 86 valence electrons. The molecule has 1 amide bonds. The van der Waals surface area contributed by atoms with Gasteiger partial charge in [0, 0.05) is 6.92 Å². The fraction of sp³-hybridized carbons (Fsp3) is 0.200. The minimum absolute atomic E-state index is 0.0776. The molecule has 0 saturated carbocycles. The van der Waals surface area contributed by atoms with Crippen molar-refractivity contribution in [2.75, 3.05) is 5.32 Å². The van der Waals surface area contributed by atoms with Crippen molar-refractivity contribution < 1.29 is 4.79 Å². The molecule has 0 spiro atoms. The molecular weight excluding hydrogens is 222 g/mol. The molecule has 7 nitrogen and oxygen atoms in total. The second-order valence-corrected chi connectivity index (χ2v) is 3.34. The van der Waals surface area contributed by atoms with E-state index in [4.69, 9.17) is 6.42 Å². The predicted molar refractivity (Wildman–Crippen MR) is 61.3 cm³/mol. The van der Waals surface area contributed by atoms with Gasteiger partial charge in [0.2, 0.25) is 11.9 Å². The average Bonchev–Trinajstić information content (AvgIpc) is 2.62. The molecule has 7 heteroatoms. The van der Waals surface area contributed by atoms with Crippen molar-refractivity contribution in [3.05, 3.63) is 16.7 Å². The van der Waals surface area contributed by atoms with E-state index in [1.807, 2.05) is 0 Å². The van der Waals surface area contributed by atoms with E-state index in [1.165, 1.54) is 13.3 Å². The molecule has 2 aromatic heterocycles. The van der Waals surface area contributed by atoms with E-state index >= 15 is 0 Å². The lowest BCUT2D eigenvalue weighted by atomic mass is 10.5. The van der Waals surface area contributed by atoms with Gasteiger partial charge in [-0.15, -0.1) is 6.42 Å². The molecule has 0 radical (unpaired) electrons. The van der Waals surface area contributed by atoms with E-state index < -0.39 is 5.56 Å². The topological polar surface area (TPSA) is 92.7 Å². The first-order valence-electron chi connectivity index (χ1n) is 4.78. The maximum absolute atomic E-state index is 11.6. The van der Waals surface area contributed by atoms with Crippen molar-refractivity contribution in [1.29, 1.82) is 0 Å². The van der Waals surface area contributed by atoms with Crippen molar-refractivity contribution >= 4 is 23.0 Å². The Morgan fingerprint density at radius 3 is 3.12 bits per heavy atom. The third-order valence-corrected chi connectivity index (χ3v) is 2.03. The minimum Gasteiger partial charge on any atom is -0.303 e. The van der Waals surface area contributed by atoms with Gasteiger partial charge in [-0.1, -0.05) is 5.92 Å². The summed E-state index contributed by atoms with van der Waals surface area (Å²) in [5.41, 5.74) is 0.110. The first-order valence-corrected chi connectivity index (χ1v) is 4.78. The molecule has 2 N–H and O–H groups in total. The molecule has 0 unspecified atom stereocenters. The highest BCUT2D eigenvalue weighted by molar-refractivity contribution is 5.87. The van der Waals surface area contributed by atoms with Crippen molar-refractivity contribution in [2.24, 2.45) is 0 Å². The molecule has 17 heavy (non-hydrogen) atoms. The molecule has 2 aromatic rings. The number of aromatic nitrogens is 4. The number of nitrogens with zero attached hydrogens (tertiary/aromatic N) is 3. The summed E-state index contributed by atoms with van der Waals surface area (Å²) in [7, 11) is 0. The van der Waals surface area contributed by atoms with Crippen LogP contribution in [-0.4, -0.2) is 25.4 Å². The third-order valence-electron chi connectivity index (χ3n) is 2.03. The Morgan fingerprint density at radius 2 is 2.47 bits per heavy atom. The van der Waals surface area contributed by atoms with Crippen LogP contribution in [0, 0.1) is 12.3 Å². The predicted octanol–water partition coefficient (Wildman–Crippen LogP) is -0.289. The van der Waals surface area contributed by atoms with E-state index in [0.717, 1.165) is 0 Å². The van der Waals surface area contributed by atoms with Gasteiger partial charge in [0.25, 0.3) is 5.56 Å². The summed E-state index contributed by atoms with van der Waals surface area (Å²) in [6.45, 7) is 1.58. The van der Waals surface area contributed by atoms with Crippen LogP contribution in [0.1, 0.15) is 6.92 Å². The highest BCUT2D eigenvalue weighted by atomic mass is 16.1. The summed E-state index contributed by atoms with van der Waals surface area (Å²) in [5, 5.41) is 2.40. The zero-order valence-electron chi connectivity index (χ0n) is 9.02. The Labute approximate surface area is 95.9 Å². The number of imidazole rings is 1. The Bertz CT molecular complexity index is 676. The van der Waals surface area contributed by atoms with Crippen LogP contribution in [0.3, 0.4) is 0 Å². The maximum atomic E-state index is 11.6.